The Kier molecular flexibility index (Phi) is 10.2. The van der Waals surface area contributed by atoms with Gasteiger partial charge in [0.2, 0.25) is 10.0 Å². The summed E-state index contributed by atoms with van der Waals surface area (Å²) in [6.45, 7) is 10.5. The van der Waals surface area contributed by atoms with Crippen molar-refractivity contribution in [2.75, 3.05) is 39.0 Å². The summed E-state index contributed by atoms with van der Waals surface area (Å²) in [6.07, 6.45) is 11.1. The number of hydrogen-bond donors (Lipinski definition) is 1. The van der Waals surface area contributed by atoms with Crippen LogP contribution < -0.4 is 10.6 Å². The minimum Gasteiger partial charge on any atom is -0.340 e. The molecular weight excluding hydrogens is 461 g/mol. The number of pyridine rings is 1. The van der Waals surface area contributed by atoms with Crippen molar-refractivity contribution in [3.05, 3.63) is 91.2 Å². The van der Waals surface area contributed by atoms with Crippen molar-refractivity contribution in [3.8, 4) is 0 Å². The first kappa shape index (κ1) is 27.5. The van der Waals surface area contributed by atoms with Gasteiger partial charge >= 0.3 is 0 Å². The lowest BCUT2D eigenvalue weighted by atomic mass is 9.98. The molecule has 1 aromatic heterocycles. The Bertz CT molecular complexity index is 1280. The molecule has 0 radical (unpaired) electrons. The van der Waals surface area contributed by atoms with Crippen LogP contribution in [0.1, 0.15) is 12.5 Å². The average molecular weight is 496 g/mol. The summed E-state index contributed by atoms with van der Waals surface area (Å²) in [5.41, 5.74) is 3.30. The van der Waals surface area contributed by atoms with Crippen LogP contribution in [-0.4, -0.2) is 51.4 Å². The van der Waals surface area contributed by atoms with Crippen LogP contribution in [-0.2, 0) is 10.0 Å². The van der Waals surface area contributed by atoms with Crippen molar-refractivity contribution in [1.29, 1.82) is 0 Å². The molecule has 180 valence electrons. The number of hydrogen-bond acceptors (Lipinski definition) is 4. The maximum Gasteiger partial charge on any atom is 0.210 e. The van der Waals surface area contributed by atoms with Crippen LogP contribution in [0.4, 0.5) is 11.5 Å². The normalized spacial score (nSPS) is 12.2. The molecule has 0 aliphatic heterocycles. The van der Waals surface area contributed by atoms with E-state index in [1.54, 1.807) is 0 Å². The first-order valence-corrected chi connectivity index (χ1v) is 14.9. The number of aromatic nitrogens is 1. The lowest BCUT2D eigenvalue weighted by Crippen LogP contribution is -2.19. The van der Waals surface area contributed by atoms with E-state index in [1.165, 1.54) is 19.4 Å². The summed E-state index contributed by atoms with van der Waals surface area (Å²) in [7, 11) is 0.00429. The van der Waals surface area contributed by atoms with E-state index in [-0.39, 0.29) is 7.92 Å². The molecule has 3 rings (SSSR count). The van der Waals surface area contributed by atoms with Crippen LogP contribution in [0.15, 0.2) is 85.6 Å². The maximum atomic E-state index is 10.3. The Hall–Kier alpha value is -2.79. The molecule has 34 heavy (non-hydrogen) atoms. The fourth-order valence-electron chi connectivity index (χ4n) is 3.01. The Morgan fingerprint density at radius 3 is 2.24 bits per heavy atom. The molecule has 1 heterocycles. The molecule has 0 fully saturated rings. The van der Waals surface area contributed by atoms with E-state index >= 15 is 0 Å². The molecule has 0 saturated heterocycles. The van der Waals surface area contributed by atoms with E-state index in [0.717, 1.165) is 44.0 Å². The second-order valence-corrected chi connectivity index (χ2v) is 12.5. The Morgan fingerprint density at radius 1 is 1.06 bits per heavy atom. The highest BCUT2D eigenvalue weighted by Gasteiger charge is 2.08. The number of anilines is 2. The monoisotopic (exact) mass is 495 g/mol. The Balaban J connectivity index is 0.000000509. The zero-order chi connectivity index (χ0) is 25.3. The van der Waals surface area contributed by atoms with Gasteiger partial charge in [0.15, 0.2) is 0 Å². The Morgan fingerprint density at radius 2 is 1.71 bits per heavy atom. The SMILES string of the molecule is C=C/C(=C\C=C/C)c1cccc2c(Nc3ccc(P(C)C)cc3)nccc12.CN(C)S(C)(=O)=O. The summed E-state index contributed by atoms with van der Waals surface area (Å²) < 4.78 is 21.7. The number of rotatable bonds is 7. The van der Waals surface area contributed by atoms with E-state index in [4.69, 9.17) is 0 Å². The largest absolute Gasteiger partial charge is 0.340 e. The van der Waals surface area contributed by atoms with Crippen LogP contribution in [0.3, 0.4) is 0 Å². The maximum absolute atomic E-state index is 10.3. The minimum absolute atomic E-state index is 0.0790. The van der Waals surface area contributed by atoms with Gasteiger partial charge in [0.25, 0.3) is 0 Å². The zero-order valence-corrected chi connectivity index (χ0v) is 22.5. The molecule has 0 unspecified atom stereocenters. The van der Waals surface area contributed by atoms with Gasteiger partial charge in [-0.2, -0.15) is 0 Å². The minimum atomic E-state index is -2.91. The lowest BCUT2D eigenvalue weighted by molar-refractivity contribution is 0.527. The van der Waals surface area contributed by atoms with E-state index in [9.17, 15) is 8.42 Å². The molecule has 0 saturated carbocycles. The predicted octanol–water partition coefficient (Wildman–Crippen LogP) is 6.00. The molecule has 7 heteroatoms. The van der Waals surface area contributed by atoms with Gasteiger partial charge in [0.1, 0.15) is 5.82 Å². The molecule has 2 aromatic carbocycles. The summed E-state index contributed by atoms with van der Waals surface area (Å²) in [5, 5.41) is 7.13. The smallest absolute Gasteiger partial charge is 0.210 e. The third kappa shape index (κ3) is 7.63. The quantitative estimate of drug-likeness (QED) is 0.323. The molecular formula is C27H34N3O2PS. The number of nitrogens with one attached hydrogen (secondary N) is 1. The number of fused-ring (bicyclic) bond motifs is 1. The van der Waals surface area contributed by atoms with E-state index < -0.39 is 10.0 Å². The van der Waals surface area contributed by atoms with Gasteiger partial charge in [-0.3, -0.25) is 0 Å². The third-order valence-corrected chi connectivity index (χ3v) is 7.77. The third-order valence-electron chi connectivity index (χ3n) is 5.11. The van der Waals surface area contributed by atoms with E-state index in [0.29, 0.717) is 0 Å². The summed E-state index contributed by atoms with van der Waals surface area (Å²) in [5.74, 6) is 0.867. The molecule has 0 aliphatic carbocycles. The molecule has 0 amide bonds. The molecule has 0 spiro atoms. The summed E-state index contributed by atoms with van der Waals surface area (Å²) in [4.78, 5) is 4.58. The number of allylic oxidation sites excluding steroid dienone is 5. The summed E-state index contributed by atoms with van der Waals surface area (Å²) >= 11 is 0. The van der Waals surface area contributed by atoms with Crippen LogP contribution in [0.5, 0.6) is 0 Å². The molecule has 3 aromatic rings. The van der Waals surface area contributed by atoms with Crippen molar-refractivity contribution < 1.29 is 8.42 Å². The first-order valence-electron chi connectivity index (χ1n) is 10.8. The zero-order valence-electron chi connectivity index (χ0n) is 20.8. The van der Waals surface area contributed by atoms with E-state index in [2.05, 4.69) is 84.8 Å². The summed E-state index contributed by atoms with van der Waals surface area (Å²) in [6, 6.07) is 17.0. The van der Waals surface area contributed by atoms with Crippen molar-refractivity contribution in [3.63, 3.8) is 0 Å². The van der Waals surface area contributed by atoms with Gasteiger partial charge in [0, 0.05) is 31.4 Å². The van der Waals surface area contributed by atoms with E-state index in [1.807, 2.05) is 31.3 Å². The van der Waals surface area contributed by atoms with Gasteiger partial charge in [-0.1, -0.05) is 69.1 Å². The molecule has 0 bridgehead atoms. The molecule has 0 aliphatic rings. The van der Waals surface area contributed by atoms with Crippen molar-refractivity contribution in [1.82, 2.24) is 9.29 Å². The predicted molar refractivity (Wildman–Crippen MR) is 151 cm³/mol. The van der Waals surface area contributed by atoms with Gasteiger partial charge in [-0.05, 0) is 60.3 Å². The van der Waals surface area contributed by atoms with Crippen molar-refractivity contribution >= 4 is 51.1 Å². The highest BCUT2D eigenvalue weighted by molar-refractivity contribution is 7.88. The van der Waals surface area contributed by atoms with Crippen LogP contribution in [0.2, 0.25) is 0 Å². The first-order chi connectivity index (χ1) is 16.1. The standard InChI is InChI=1S/C24H25N2P.C3H9NO2S/c1-5-7-9-18(6-2)21-10-8-11-23-22(21)16-17-25-24(23)26-19-12-14-20(15-13-19)27(3)4;1-4(2)7(3,5)6/h5-17H,2H2,1,3-4H3,(H,25,26);1-3H3/b7-5-,18-9+;. The average Bonchev–Trinajstić information content (AvgIpc) is 2.80. The molecule has 5 nitrogen and oxygen atoms in total. The van der Waals surface area contributed by atoms with Crippen molar-refractivity contribution in [2.45, 2.75) is 6.92 Å². The number of nitrogens with zero attached hydrogens (tertiary/aromatic N) is 2. The molecule has 1 N–H and O–H groups in total. The lowest BCUT2D eigenvalue weighted by Gasteiger charge is -2.13. The number of sulfonamides is 1. The van der Waals surface area contributed by atoms with Gasteiger partial charge < -0.3 is 5.32 Å². The second-order valence-electron chi connectivity index (χ2n) is 8.02. The Labute approximate surface area is 205 Å². The fourth-order valence-corrected chi connectivity index (χ4v) is 3.75. The van der Waals surface area contributed by atoms with Gasteiger partial charge in [-0.15, -0.1) is 0 Å². The van der Waals surface area contributed by atoms with Crippen molar-refractivity contribution in [2.24, 2.45) is 0 Å². The van der Waals surface area contributed by atoms with Gasteiger partial charge in [0.05, 0.1) is 6.26 Å². The topological polar surface area (TPSA) is 62.3 Å². The van der Waals surface area contributed by atoms with Crippen LogP contribution in [0.25, 0.3) is 16.3 Å². The van der Waals surface area contributed by atoms with Crippen LogP contribution >= 0.6 is 7.92 Å². The highest BCUT2D eigenvalue weighted by Crippen LogP contribution is 2.31. The van der Waals surface area contributed by atoms with Crippen LogP contribution in [0, 0.1) is 0 Å². The second kappa shape index (κ2) is 12.6. The number of benzene rings is 2. The fraction of sp³-hybridized carbons (Fsp3) is 0.222. The molecule has 0 atom stereocenters. The van der Waals surface area contributed by atoms with Gasteiger partial charge in [-0.25, -0.2) is 17.7 Å². The highest BCUT2D eigenvalue weighted by atomic mass is 32.2.